The van der Waals surface area contributed by atoms with Gasteiger partial charge < -0.3 is 14.6 Å². The Bertz CT molecular complexity index is 1120. The van der Waals surface area contributed by atoms with E-state index in [0.717, 1.165) is 41.1 Å². The maximum absolute atomic E-state index is 12.4. The highest BCUT2D eigenvalue weighted by atomic mass is 16.5. The summed E-state index contributed by atoms with van der Waals surface area (Å²) >= 11 is 0. The number of fused-ring (bicyclic) bond motifs is 1. The van der Waals surface area contributed by atoms with E-state index in [2.05, 4.69) is 20.9 Å². The number of carbonyl (C=O) groups excluding carboxylic acids is 1. The van der Waals surface area contributed by atoms with Crippen molar-refractivity contribution in [3.05, 3.63) is 95.8 Å². The van der Waals surface area contributed by atoms with Crippen LogP contribution in [0.15, 0.2) is 78.9 Å². The SMILES string of the molecule is Cc1nc2ccccc2n1CCCNC(=O)c1ccc(OCc2ccccc2)cc1. The number of ether oxygens (including phenoxy) is 1. The third-order valence-electron chi connectivity index (χ3n) is 5.05. The lowest BCUT2D eigenvalue weighted by atomic mass is 10.2. The molecule has 1 aromatic heterocycles. The van der Waals surface area contributed by atoms with Gasteiger partial charge in [0, 0.05) is 18.7 Å². The molecule has 0 saturated carbocycles. The molecule has 1 heterocycles. The van der Waals surface area contributed by atoms with Gasteiger partial charge in [0.15, 0.2) is 0 Å². The number of hydrogen-bond acceptors (Lipinski definition) is 3. The van der Waals surface area contributed by atoms with Crippen LogP contribution in [0.4, 0.5) is 0 Å². The number of nitrogens with zero attached hydrogens (tertiary/aromatic N) is 2. The van der Waals surface area contributed by atoms with Crippen LogP contribution in [0, 0.1) is 6.92 Å². The van der Waals surface area contributed by atoms with Crippen molar-refractivity contribution in [2.24, 2.45) is 0 Å². The minimum atomic E-state index is -0.0724. The molecule has 3 aromatic carbocycles. The second-order valence-corrected chi connectivity index (χ2v) is 7.21. The molecule has 0 unspecified atom stereocenters. The highest BCUT2D eigenvalue weighted by Crippen LogP contribution is 2.16. The molecule has 1 N–H and O–H groups in total. The first-order valence-electron chi connectivity index (χ1n) is 10.2. The largest absolute Gasteiger partial charge is 0.489 e. The fraction of sp³-hybridized carbons (Fsp3) is 0.200. The zero-order valence-electron chi connectivity index (χ0n) is 17.0. The summed E-state index contributed by atoms with van der Waals surface area (Å²) in [6, 6.07) is 25.4. The van der Waals surface area contributed by atoms with Crippen LogP contribution in [-0.2, 0) is 13.2 Å². The van der Waals surface area contributed by atoms with E-state index in [1.54, 1.807) is 12.1 Å². The summed E-state index contributed by atoms with van der Waals surface area (Å²) < 4.78 is 7.97. The maximum atomic E-state index is 12.4. The molecule has 5 heteroatoms. The molecule has 0 radical (unpaired) electrons. The Hall–Kier alpha value is -3.60. The molecule has 0 bridgehead atoms. The number of carbonyl (C=O) groups is 1. The maximum Gasteiger partial charge on any atom is 0.251 e. The summed E-state index contributed by atoms with van der Waals surface area (Å²) in [4.78, 5) is 17.0. The lowest BCUT2D eigenvalue weighted by molar-refractivity contribution is 0.0952. The number of nitrogens with one attached hydrogen (secondary N) is 1. The van der Waals surface area contributed by atoms with Gasteiger partial charge in [0.05, 0.1) is 11.0 Å². The van der Waals surface area contributed by atoms with Gasteiger partial charge in [0.25, 0.3) is 5.91 Å². The van der Waals surface area contributed by atoms with Gasteiger partial charge in [0.2, 0.25) is 0 Å². The molecule has 0 saturated heterocycles. The van der Waals surface area contributed by atoms with Crippen LogP contribution in [0.3, 0.4) is 0 Å². The Kier molecular flexibility index (Phi) is 6.09. The zero-order valence-corrected chi connectivity index (χ0v) is 17.0. The lowest BCUT2D eigenvalue weighted by Crippen LogP contribution is -2.25. The number of amides is 1. The molecule has 5 nitrogen and oxygen atoms in total. The monoisotopic (exact) mass is 399 g/mol. The van der Waals surface area contributed by atoms with Crippen LogP contribution in [0.2, 0.25) is 0 Å². The summed E-state index contributed by atoms with van der Waals surface area (Å²) in [6.07, 6.45) is 0.838. The minimum absolute atomic E-state index is 0.0724. The average Bonchev–Trinajstić information content (AvgIpc) is 3.11. The number of para-hydroxylation sites is 2. The van der Waals surface area contributed by atoms with Crippen molar-refractivity contribution in [2.75, 3.05) is 6.54 Å². The Labute approximate surface area is 176 Å². The van der Waals surface area contributed by atoms with Crippen molar-refractivity contribution < 1.29 is 9.53 Å². The Balaban J connectivity index is 1.25. The number of aryl methyl sites for hydroxylation is 2. The van der Waals surface area contributed by atoms with Crippen molar-refractivity contribution in [1.82, 2.24) is 14.9 Å². The van der Waals surface area contributed by atoms with E-state index < -0.39 is 0 Å². The van der Waals surface area contributed by atoms with Crippen LogP contribution in [0.1, 0.15) is 28.2 Å². The van der Waals surface area contributed by atoms with Crippen LogP contribution in [0.25, 0.3) is 11.0 Å². The van der Waals surface area contributed by atoms with Gasteiger partial charge in [0.1, 0.15) is 18.2 Å². The van der Waals surface area contributed by atoms with Gasteiger partial charge >= 0.3 is 0 Å². The molecule has 0 aliphatic carbocycles. The van der Waals surface area contributed by atoms with Crippen molar-refractivity contribution in [2.45, 2.75) is 26.5 Å². The van der Waals surface area contributed by atoms with Crippen LogP contribution in [-0.4, -0.2) is 22.0 Å². The first-order valence-corrected chi connectivity index (χ1v) is 10.2. The molecule has 0 spiro atoms. The summed E-state index contributed by atoms with van der Waals surface area (Å²) in [6.45, 7) is 3.95. The predicted molar refractivity (Wildman–Crippen MR) is 119 cm³/mol. The van der Waals surface area contributed by atoms with Crippen LogP contribution in [0.5, 0.6) is 5.75 Å². The quantitative estimate of drug-likeness (QED) is 0.435. The summed E-state index contributed by atoms with van der Waals surface area (Å²) in [5, 5.41) is 2.99. The minimum Gasteiger partial charge on any atom is -0.489 e. The highest BCUT2D eigenvalue weighted by molar-refractivity contribution is 5.94. The number of benzene rings is 3. The van der Waals surface area contributed by atoms with E-state index in [-0.39, 0.29) is 5.91 Å². The molecular weight excluding hydrogens is 374 g/mol. The average molecular weight is 399 g/mol. The lowest BCUT2D eigenvalue weighted by Gasteiger charge is -2.09. The van der Waals surface area contributed by atoms with E-state index in [4.69, 9.17) is 4.74 Å². The fourth-order valence-corrected chi connectivity index (χ4v) is 3.46. The van der Waals surface area contributed by atoms with E-state index in [0.29, 0.717) is 18.7 Å². The van der Waals surface area contributed by atoms with E-state index >= 15 is 0 Å². The van der Waals surface area contributed by atoms with E-state index in [9.17, 15) is 4.79 Å². The zero-order chi connectivity index (χ0) is 20.8. The van der Waals surface area contributed by atoms with Gasteiger partial charge in [-0.15, -0.1) is 0 Å². The predicted octanol–water partition coefficient (Wildman–Crippen LogP) is 4.74. The number of imidazole rings is 1. The third kappa shape index (κ3) is 4.69. The Morgan fingerprint density at radius 2 is 1.70 bits per heavy atom. The van der Waals surface area contributed by atoms with Crippen LogP contribution >= 0.6 is 0 Å². The Morgan fingerprint density at radius 3 is 2.50 bits per heavy atom. The molecule has 0 aliphatic rings. The molecule has 152 valence electrons. The van der Waals surface area contributed by atoms with Crippen molar-refractivity contribution in [3.8, 4) is 5.75 Å². The van der Waals surface area contributed by atoms with Crippen molar-refractivity contribution in [1.29, 1.82) is 0 Å². The van der Waals surface area contributed by atoms with Gasteiger partial charge in [-0.2, -0.15) is 0 Å². The number of aromatic nitrogens is 2. The van der Waals surface area contributed by atoms with Gasteiger partial charge in [-0.25, -0.2) is 4.98 Å². The highest BCUT2D eigenvalue weighted by Gasteiger charge is 2.08. The van der Waals surface area contributed by atoms with Crippen molar-refractivity contribution in [3.63, 3.8) is 0 Å². The third-order valence-corrected chi connectivity index (χ3v) is 5.05. The normalized spacial score (nSPS) is 10.8. The Morgan fingerprint density at radius 1 is 0.967 bits per heavy atom. The summed E-state index contributed by atoms with van der Waals surface area (Å²) in [7, 11) is 0. The molecule has 0 aliphatic heterocycles. The molecular formula is C25H25N3O2. The molecule has 4 aromatic rings. The van der Waals surface area contributed by atoms with Gasteiger partial charge in [-0.1, -0.05) is 42.5 Å². The summed E-state index contributed by atoms with van der Waals surface area (Å²) in [5.41, 5.74) is 3.88. The van der Waals surface area contributed by atoms with E-state index in [1.807, 2.05) is 67.6 Å². The second-order valence-electron chi connectivity index (χ2n) is 7.21. The second kappa shape index (κ2) is 9.27. The standard InChI is InChI=1S/C25H25N3O2/c1-19-27-23-10-5-6-11-24(23)28(19)17-7-16-26-25(29)21-12-14-22(15-13-21)30-18-20-8-3-2-4-9-20/h2-6,8-15H,7,16-18H2,1H3,(H,26,29). The van der Waals surface area contributed by atoms with Gasteiger partial charge in [-0.05, 0) is 55.3 Å². The number of rotatable bonds is 8. The van der Waals surface area contributed by atoms with E-state index in [1.165, 1.54) is 0 Å². The summed E-state index contributed by atoms with van der Waals surface area (Å²) in [5.74, 6) is 1.67. The fourth-order valence-electron chi connectivity index (χ4n) is 3.46. The number of hydrogen-bond donors (Lipinski definition) is 1. The van der Waals surface area contributed by atoms with Crippen LogP contribution < -0.4 is 10.1 Å². The van der Waals surface area contributed by atoms with Gasteiger partial charge in [-0.3, -0.25) is 4.79 Å². The topological polar surface area (TPSA) is 56.2 Å². The molecule has 30 heavy (non-hydrogen) atoms. The molecule has 1 amide bonds. The smallest absolute Gasteiger partial charge is 0.251 e. The first kappa shape index (κ1) is 19.7. The molecule has 0 fully saturated rings. The molecule has 0 atom stereocenters. The molecule has 4 rings (SSSR count). The van der Waals surface area contributed by atoms with Crippen molar-refractivity contribution >= 4 is 16.9 Å². The first-order chi connectivity index (χ1) is 14.7.